The van der Waals surface area contributed by atoms with E-state index in [0.717, 1.165) is 10.5 Å². The van der Waals surface area contributed by atoms with Gasteiger partial charge in [-0.1, -0.05) is 35.9 Å². The van der Waals surface area contributed by atoms with Crippen LogP contribution in [-0.2, 0) is 25.6 Å². The average Bonchev–Trinajstić information content (AvgIpc) is 3.41. The molecule has 0 bridgehead atoms. The summed E-state index contributed by atoms with van der Waals surface area (Å²) in [5.74, 6) is -21.1. The highest BCUT2D eigenvalue weighted by Crippen LogP contribution is 2.66. The Morgan fingerprint density at radius 1 is 0.735 bits per heavy atom. The number of rotatable bonds is 5. The zero-order valence-corrected chi connectivity index (χ0v) is 26.4. The number of nitrogens with zero attached hydrogens (tertiary/aromatic N) is 2. The number of alkyl halides is 2. The highest BCUT2D eigenvalue weighted by atomic mass is 35.5. The van der Waals surface area contributed by atoms with Crippen molar-refractivity contribution < 1.29 is 51.3 Å². The van der Waals surface area contributed by atoms with Crippen molar-refractivity contribution in [2.75, 3.05) is 11.4 Å². The van der Waals surface area contributed by atoms with Crippen molar-refractivity contribution in [2.45, 2.75) is 34.9 Å². The summed E-state index contributed by atoms with van der Waals surface area (Å²) in [5, 5.41) is 19.6. The monoisotopic (exact) mass is 720 g/mol. The first-order valence-corrected chi connectivity index (χ1v) is 15.8. The van der Waals surface area contributed by atoms with Gasteiger partial charge in [-0.25, -0.2) is 26.9 Å². The van der Waals surface area contributed by atoms with Gasteiger partial charge in [0.2, 0.25) is 17.6 Å². The molecule has 2 saturated heterocycles. The van der Waals surface area contributed by atoms with Crippen LogP contribution in [0.4, 0.5) is 27.6 Å². The number of amides is 4. The second kappa shape index (κ2) is 11.3. The van der Waals surface area contributed by atoms with Crippen molar-refractivity contribution in [3.05, 3.63) is 100 Å². The third kappa shape index (κ3) is 4.47. The number of carbonyl (C=O) groups excluding carboxylic acids is 4. The van der Waals surface area contributed by atoms with Gasteiger partial charge in [0.25, 0.3) is 11.8 Å². The molecule has 6 atom stereocenters. The summed E-state index contributed by atoms with van der Waals surface area (Å²) < 4.78 is 72.9. The molecule has 0 unspecified atom stereocenters. The molecule has 2 aliphatic carbocycles. The Balaban J connectivity index is 1.34. The fourth-order valence-electron chi connectivity index (χ4n) is 7.80. The largest absolute Gasteiger partial charge is 0.508 e. The molecule has 49 heavy (non-hydrogen) atoms. The third-order valence-corrected chi connectivity index (χ3v) is 11.5. The van der Waals surface area contributed by atoms with Gasteiger partial charge in [-0.05, 0) is 60.6 Å². The summed E-state index contributed by atoms with van der Waals surface area (Å²) in [4.78, 5) is 51.6. The topological polar surface area (TPSA) is 115 Å². The Bertz CT molecular complexity index is 1980. The molecular formula is C34H23Cl2F5N2O6. The van der Waals surface area contributed by atoms with Gasteiger partial charge >= 0.3 is 0 Å². The fraction of sp³-hybridized carbons (Fsp3) is 0.294. The number of hydrogen-bond donors (Lipinski definition) is 2. The first kappa shape index (κ1) is 33.0. The Kier molecular flexibility index (Phi) is 7.60. The average molecular weight is 721 g/mol. The molecule has 3 aromatic carbocycles. The van der Waals surface area contributed by atoms with Crippen LogP contribution in [0.1, 0.15) is 29.9 Å². The standard InChI is InChI=1S/C34H23Cl2F5N2O6/c35-33-13-20-18(9-10-19-21(20)30(47)42(29(19)46)12-11-14-1-5-16(44)6-2-14)22(15-3-7-17(45)8-4-15)34(33,36)32(49)43(31(33)48)28-26(40)24(38)23(37)25(39)27(28)41/h1-9,19-22,44-45H,10-13H2/t19-,20+,21-,22-,33+,34-/m0/s1. The van der Waals surface area contributed by atoms with Gasteiger partial charge in [0.15, 0.2) is 33.0 Å². The smallest absolute Gasteiger partial charge is 0.258 e. The molecule has 7 rings (SSSR count). The SMILES string of the molecule is O=C1[C@H]2[C@H](CC=C3[C@H]2C[C@@]2(Cl)C(=O)N(c4c(F)c(F)c(F)c(F)c4F)C(=O)[C@@]2(Cl)[C@H]3c2ccc(O)cc2)C(=O)N1CCc1ccc(O)cc1. The molecular weight excluding hydrogens is 698 g/mol. The Morgan fingerprint density at radius 2 is 1.29 bits per heavy atom. The molecule has 0 radical (unpaired) electrons. The van der Waals surface area contributed by atoms with Gasteiger partial charge in [-0.15, -0.1) is 23.2 Å². The Morgan fingerprint density at radius 3 is 1.88 bits per heavy atom. The Labute approximate surface area is 284 Å². The zero-order chi connectivity index (χ0) is 35.3. The van der Waals surface area contributed by atoms with Crippen LogP contribution in [0.25, 0.3) is 0 Å². The van der Waals surface area contributed by atoms with E-state index in [4.69, 9.17) is 23.2 Å². The number of allylic oxidation sites excluding steroid dienone is 2. The maximum absolute atomic E-state index is 15.1. The second-order valence-electron chi connectivity index (χ2n) is 12.5. The van der Waals surface area contributed by atoms with E-state index < -0.39 is 98.2 Å². The van der Waals surface area contributed by atoms with Crippen LogP contribution in [0.15, 0.2) is 60.2 Å². The molecule has 15 heteroatoms. The van der Waals surface area contributed by atoms with E-state index in [2.05, 4.69) is 0 Å². The quantitative estimate of drug-likeness (QED) is 0.0886. The number of halogens is 7. The maximum Gasteiger partial charge on any atom is 0.258 e. The molecule has 0 aromatic heterocycles. The molecule has 2 aliphatic heterocycles. The van der Waals surface area contributed by atoms with Crippen molar-refractivity contribution >= 4 is 52.5 Å². The van der Waals surface area contributed by atoms with Crippen molar-refractivity contribution in [3.8, 4) is 11.5 Å². The summed E-state index contributed by atoms with van der Waals surface area (Å²) >= 11 is 14.1. The summed E-state index contributed by atoms with van der Waals surface area (Å²) in [6.45, 7) is -0.0181. The molecule has 4 amide bonds. The van der Waals surface area contributed by atoms with Gasteiger partial charge in [-0.2, -0.15) is 0 Å². The van der Waals surface area contributed by atoms with Gasteiger partial charge in [0.05, 0.1) is 11.8 Å². The molecule has 3 aromatic rings. The van der Waals surface area contributed by atoms with E-state index in [1.165, 1.54) is 36.4 Å². The number of phenolic OH excluding ortho intramolecular Hbond substituents is 2. The van der Waals surface area contributed by atoms with Gasteiger partial charge in [0.1, 0.15) is 17.2 Å². The molecule has 254 valence electrons. The van der Waals surface area contributed by atoms with E-state index in [1.807, 2.05) is 0 Å². The third-order valence-electron chi connectivity index (χ3n) is 10.1. The second-order valence-corrected chi connectivity index (χ2v) is 13.8. The van der Waals surface area contributed by atoms with Gasteiger partial charge < -0.3 is 10.2 Å². The van der Waals surface area contributed by atoms with Crippen LogP contribution < -0.4 is 4.90 Å². The van der Waals surface area contributed by atoms with Crippen LogP contribution in [0, 0.1) is 46.8 Å². The minimum Gasteiger partial charge on any atom is -0.508 e. The number of aromatic hydroxyl groups is 2. The first-order chi connectivity index (χ1) is 23.1. The van der Waals surface area contributed by atoms with E-state index in [-0.39, 0.29) is 41.3 Å². The van der Waals surface area contributed by atoms with Crippen LogP contribution in [0.5, 0.6) is 11.5 Å². The lowest BCUT2D eigenvalue weighted by Gasteiger charge is -2.50. The van der Waals surface area contributed by atoms with Crippen molar-refractivity contribution in [1.29, 1.82) is 0 Å². The lowest BCUT2D eigenvalue weighted by atomic mass is 9.56. The lowest BCUT2D eigenvalue weighted by molar-refractivity contribution is -0.140. The molecule has 3 fully saturated rings. The normalized spacial score (nSPS) is 29.2. The predicted octanol–water partition coefficient (Wildman–Crippen LogP) is 5.60. The summed E-state index contributed by atoms with van der Waals surface area (Å²) in [6, 6.07) is 11.3. The lowest BCUT2D eigenvalue weighted by Crippen LogP contribution is -2.60. The summed E-state index contributed by atoms with van der Waals surface area (Å²) in [6.07, 6.45) is 1.25. The number of anilines is 1. The van der Waals surface area contributed by atoms with Crippen molar-refractivity contribution in [2.24, 2.45) is 17.8 Å². The molecule has 2 heterocycles. The van der Waals surface area contributed by atoms with Crippen LogP contribution >= 0.6 is 23.2 Å². The molecule has 8 nitrogen and oxygen atoms in total. The first-order valence-electron chi connectivity index (χ1n) is 15.0. The van der Waals surface area contributed by atoms with Crippen LogP contribution in [0.2, 0.25) is 0 Å². The van der Waals surface area contributed by atoms with Crippen molar-refractivity contribution in [3.63, 3.8) is 0 Å². The number of hydrogen-bond acceptors (Lipinski definition) is 6. The van der Waals surface area contributed by atoms with E-state index in [0.29, 0.717) is 5.57 Å². The summed E-state index contributed by atoms with van der Waals surface area (Å²) in [5.41, 5.74) is -0.645. The summed E-state index contributed by atoms with van der Waals surface area (Å²) in [7, 11) is 0. The highest BCUT2D eigenvalue weighted by Gasteiger charge is 2.77. The number of phenols is 2. The predicted molar refractivity (Wildman–Crippen MR) is 163 cm³/mol. The van der Waals surface area contributed by atoms with E-state index in [9.17, 15) is 42.6 Å². The minimum atomic E-state index is -2.64. The maximum atomic E-state index is 15.1. The van der Waals surface area contributed by atoms with E-state index in [1.54, 1.807) is 18.2 Å². The Hall–Kier alpha value is -4.49. The molecule has 1 saturated carbocycles. The highest BCUT2D eigenvalue weighted by molar-refractivity contribution is 6.58. The number of imide groups is 2. The van der Waals surface area contributed by atoms with Gasteiger partial charge in [-0.3, -0.25) is 24.1 Å². The molecule has 0 spiro atoms. The van der Waals surface area contributed by atoms with E-state index >= 15 is 8.78 Å². The van der Waals surface area contributed by atoms with Crippen LogP contribution in [-0.4, -0.2) is 55.0 Å². The number of carbonyl (C=O) groups is 4. The number of fused-ring (bicyclic) bond motifs is 4. The zero-order valence-electron chi connectivity index (χ0n) is 24.9. The van der Waals surface area contributed by atoms with Gasteiger partial charge in [0, 0.05) is 12.5 Å². The minimum absolute atomic E-state index is 0.0110. The number of benzene rings is 3. The van der Waals surface area contributed by atoms with Crippen molar-refractivity contribution in [1.82, 2.24) is 4.90 Å². The fourth-order valence-corrected chi connectivity index (χ4v) is 8.73. The molecule has 4 aliphatic rings. The number of likely N-dealkylation sites (tertiary alicyclic amines) is 1. The van der Waals surface area contributed by atoms with Crippen LogP contribution in [0.3, 0.4) is 0 Å². The molecule has 2 N–H and O–H groups in total.